The lowest BCUT2D eigenvalue weighted by molar-refractivity contribution is -0.720. The van der Waals surface area contributed by atoms with Crippen molar-refractivity contribution in [1.82, 2.24) is 4.68 Å². The summed E-state index contributed by atoms with van der Waals surface area (Å²) in [6.07, 6.45) is 1.04. The first-order chi connectivity index (χ1) is 8.36. The Labute approximate surface area is 99.7 Å². The van der Waals surface area contributed by atoms with Crippen LogP contribution < -0.4 is 4.68 Å². The molecule has 2 nitrogen and oxygen atoms in total. The Morgan fingerprint density at radius 2 is 1.76 bits per heavy atom. The van der Waals surface area contributed by atoms with Gasteiger partial charge in [0.25, 0.3) is 0 Å². The van der Waals surface area contributed by atoms with Gasteiger partial charge < -0.3 is 0 Å². The van der Waals surface area contributed by atoms with Gasteiger partial charge in [-0.1, -0.05) is 30.3 Å². The topological polar surface area (TPSA) is 8.81 Å². The number of para-hydroxylation sites is 2. The zero-order valence-corrected chi connectivity index (χ0v) is 9.72. The molecular formula is C15H13N2+. The molecule has 2 aromatic carbocycles. The van der Waals surface area contributed by atoms with Crippen LogP contribution in [0.2, 0.25) is 0 Å². The fourth-order valence-corrected chi connectivity index (χ4v) is 2.93. The maximum Gasteiger partial charge on any atom is 0.239 e. The van der Waals surface area contributed by atoms with Gasteiger partial charge in [-0.15, -0.1) is 9.36 Å². The van der Waals surface area contributed by atoms with Crippen LogP contribution in [0.4, 0.5) is 0 Å². The number of aromatic nitrogens is 2. The van der Waals surface area contributed by atoms with Crippen LogP contribution in [0.5, 0.6) is 0 Å². The van der Waals surface area contributed by atoms with Crippen LogP contribution in [-0.4, -0.2) is 4.68 Å². The average Bonchev–Trinajstić information content (AvgIpc) is 2.88. The largest absolute Gasteiger partial charge is 0.239 e. The number of aryl methyl sites for hydroxylation is 1. The van der Waals surface area contributed by atoms with Crippen LogP contribution >= 0.6 is 0 Å². The standard InChI is InChI=1S/C15H13N2/c1-16-14-9-5-3-7-12(14)15-10-11-6-2-4-8-13(11)17(15)16/h2-9H,10H2,1H3/q+1. The van der Waals surface area contributed by atoms with E-state index in [0.29, 0.717) is 0 Å². The molecule has 0 unspecified atom stereocenters. The van der Waals surface area contributed by atoms with Crippen molar-refractivity contribution in [3.8, 4) is 5.69 Å². The highest BCUT2D eigenvalue weighted by Gasteiger charge is 2.29. The molecule has 0 fully saturated rings. The number of hydrogen-bond acceptors (Lipinski definition) is 0. The third-order valence-corrected chi connectivity index (χ3v) is 3.70. The zero-order chi connectivity index (χ0) is 11.4. The Balaban J connectivity index is 2.17. The molecule has 0 aliphatic carbocycles. The lowest BCUT2D eigenvalue weighted by Crippen LogP contribution is -2.37. The number of fused-ring (bicyclic) bond motifs is 5. The summed E-state index contributed by atoms with van der Waals surface area (Å²) in [5.74, 6) is 0. The second-order valence-electron chi connectivity index (χ2n) is 4.60. The fourth-order valence-electron chi connectivity index (χ4n) is 2.93. The third kappa shape index (κ3) is 1.02. The number of hydrogen-bond donors (Lipinski definition) is 0. The van der Waals surface area contributed by atoms with Crippen LogP contribution in [0.25, 0.3) is 16.6 Å². The summed E-state index contributed by atoms with van der Waals surface area (Å²) >= 11 is 0. The molecule has 4 rings (SSSR count). The van der Waals surface area contributed by atoms with Crippen LogP contribution in [-0.2, 0) is 13.5 Å². The van der Waals surface area contributed by atoms with Crippen LogP contribution in [0.3, 0.4) is 0 Å². The first kappa shape index (κ1) is 8.99. The van der Waals surface area contributed by atoms with Crippen molar-refractivity contribution in [2.75, 3.05) is 0 Å². The number of benzene rings is 2. The smallest absolute Gasteiger partial charge is 0.124 e. The predicted octanol–water partition coefficient (Wildman–Crippen LogP) is 2.36. The molecule has 1 aliphatic rings. The highest BCUT2D eigenvalue weighted by atomic mass is 15.4. The molecule has 0 spiro atoms. The molecule has 2 heteroatoms. The van der Waals surface area contributed by atoms with E-state index in [1.807, 2.05) is 0 Å². The molecule has 2 heterocycles. The molecule has 0 N–H and O–H groups in total. The van der Waals surface area contributed by atoms with E-state index in [2.05, 4.69) is 64.9 Å². The summed E-state index contributed by atoms with van der Waals surface area (Å²) < 4.78 is 4.58. The van der Waals surface area contributed by atoms with E-state index >= 15 is 0 Å². The minimum absolute atomic E-state index is 1.04. The molecule has 0 amide bonds. The van der Waals surface area contributed by atoms with Crippen molar-refractivity contribution in [2.24, 2.45) is 7.05 Å². The van der Waals surface area contributed by atoms with Gasteiger partial charge in [-0.3, -0.25) is 0 Å². The minimum atomic E-state index is 1.04. The monoisotopic (exact) mass is 221 g/mol. The molecular weight excluding hydrogens is 208 g/mol. The van der Waals surface area contributed by atoms with E-state index in [0.717, 1.165) is 6.42 Å². The Morgan fingerprint density at radius 3 is 2.71 bits per heavy atom. The van der Waals surface area contributed by atoms with E-state index in [1.54, 1.807) is 0 Å². The first-order valence-corrected chi connectivity index (χ1v) is 5.93. The van der Waals surface area contributed by atoms with Gasteiger partial charge in [-0.25, -0.2) is 0 Å². The fraction of sp³-hybridized carbons (Fsp3) is 0.133. The van der Waals surface area contributed by atoms with Gasteiger partial charge in [0.2, 0.25) is 5.52 Å². The molecule has 17 heavy (non-hydrogen) atoms. The van der Waals surface area contributed by atoms with Crippen molar-refractivity contribution >= 4 is 10.9 Å². The van der Waals surface area contributed by atoms with Crippen molar-refractivity contribution in [2.45, 2.75) is 6.42 Å². The van der Waals surface area contributed by atoms with E-state index in [9.17, 15) is 0 Å². The molecule has 0 saturated heterocycles. The maximum absolute atomic E-state index is 2.33. The molecule has 0 radical (unpaired) electrons. The van der Waals surface area contributed by atoms with Crippen molar-refractivity contribution in [3.05, 3.63) is 59.8 Å². The summed E-state index contributed by atoms with van der Waals surface area (Å²) in [6.45, 7) is 0. The van der Waals surface area contributed by atoms with Crippen molar-refractivity contribution < 1.29 is 4.68 Å². The highest BCUT2D eigenvalue weighted by Crippen LogP contribution is 2.30. The van der Waals surface area contributed by atoms with Gasteiger partial charge in [-0.2, -0.15) is 0 Å². The summed E-state index contributed by atoms with van der Waals surface area (Å²) in [4.78, 5) is 0. The molecule has 1 aromatic heterocycles. The Bertz CT molecular complexity index is 738. The number of rotatable bonds is 0. The van der Waals surface area contributed by atoms with Gasteiger partial charge >= 0.3 is 0 Å². The van der Waals surface area contributed by atoms with Crippen LogP contribution in [0, 0.1) is 0 Å². The van der Waals surface area contributed by atoms with E-state index in [1.165, 1.54) is 27.8 Å². The third-order valence-electron chi connectivity index (χ3n) is 3.70. The molecule has 1 aliphatic heterocycles. The van der Waals surface area contributed by atoms with Crippen molar-refractivity contribution in [3.63, 3.8) is 0 Å². The van der Waals surface area contributed by atoms with Gasteiger partial charge in [0, 0.05) is 12.5 Å². The average molecular weight is 221 g/mol. The Kier molecular flexibility index (Phi) is 1.57. The quantitative estimate of drug-likeness (QED) is 0.403. The van der Waals surface area contributed by atoms with Crippen molar-refractivity contribution in [1.29, 1.82) is 0 Å². The number of nitrogens with zero attached hydrogens (tertiary/aromatic N) is 2. The summed E-state index contributed by atoms with van der Waals surface area (Å²) in [6, 6.07) is 17.3. The van der Waals surface area contributed by atoms with E-state index < -0.39 is 0 Å². The SMILES string of the molecule is C[n+]1c2ccccc2c2n1-c1ccccc1C2. The lowest BCUT2D eigenvalue weighted by Gasteiger charge is -1.98. The van der Waals surface area contributed by atoms with Crippen LogP contribution in [0.1, 0.15) is 11.3 Å². The van der Waals surface area contributed by atoms with Crippen LogP contribution in [0.15, 0.2) is 48.5 Å². The van der Waals surface area contributed by atoms with Gasteiger partial charge in [0.1, 0.15) is 11.4 Å². The molecule has 3 aromatic rings. The second-order valence-corrected chi connectivity index (χ2v) is 4.60. The summed E-state index contributed by atoms with van der Waals surface area (Å²) in [5.41, 5.74) is 5.45. The van der Waals surface area contributed by atoms with E-state index in [4.69, 9.17) is 0 Å². The first-order valence-electron chi connectivity index (χ1n) is 5.93. The van der Waals surface area contributed by atoms with Gasteiger partial charge in [-0.05, 0) is 17.7 Å². The molecule has 0 atom stereocenters. The summed E-state index contributed by atoms with van der Waals surface area (Å²) in [7, 11) is 2.13. The molecule has 0 bridgehead atoms. The molecule has 0 saturated carbocycles. The zero-order valence-electron chi connectivity index (χ0n) is 9.72. The van der Waals surface area contributed by atoms with Gasteiger partial charge in [0.15, 0.2) is 7.05 Å². The minimum Gasteiger partial charge on any atom is -0.124 e. The Morgan fingerprint density at radius 1 is 1.00 bits per heavy atom. The summed E-state index contributed by atoms with van der Waals surface area (Å²) in [5, 5.41) is 1.37. The predicted molar refractivity (Wildman–Crippen MR) is 67.3 cm³/mol. The second kappa shape index (κ2) is 2.98. The van der Waals surface area contributed by atoms with E-state index in [-0.39, 0.29) is 0 Å². The highest BCUT2D eigenvalue weighted by molar-refractivity contribution is 5.81. The van der Waals surface area contributed by atoms with Gasteiger partial charge in [0.05, 0.1) is 5.39 Å². The lowest BCUT2D eigenvalue weighted by atomic mass is 10.1. The molecule has 82 valence electrons. The Hall–Kier alpha value is -2.09. The normalized spacial score (nSPS) is 12.8. The maximum atomic E-state index is 2.33.